The number of carbonyl (C=O) groups is 1. The van der Waals surface area contributed by atoms with Gasteiger partial charge in [-0.3, -0.25) is 4.79 Å². The van der Waals surface area contributed by atoms with Crippen molar-refractivity contribution in [3.05, 3.63) is 59.1 Å². The maximum absolute atomic E-state index is 11.8. The van der Waals surface area contributed by atoms with Gasteiger partial charge in [0.25, 0.3) is 0 Å². The Labute approximate surface area is 151 Å². The normalized spacial score (nSPS) is 10.2. The number of halogens is 1. The lowest BCUT2D eigenvalue weighted by Gasteiger charge is -2.09. The van der Waals surface area contributed by atoms with Gasteiger partial charge < -0.3 is 14.8 Å². The number of methoxy groups -OCH3 is 1. The number of rotatable bonds is 9. The van der Waals surface area contributed by atoms with Crippen molar-refractivity contribution in [3.8, 4) is 11.5 Å². The van der Waals surface area contributed by atoms with Gasteiger partial charge in [0.15, 0.2) is 0 Å². The zero-order valence-electron chi connectivity index (χ0n) is 13.5. The number of amides is 1. The molecule has 0 bridgehead atoms. The van der Waals surface area contributed by atoms with Crippen LogP contribution in [0.5, 0.6) is 11.5 Å². The Bertz CT molecular complexity index is 666. The first-order valence-corrected chi connectivity index (χ1v) is 9.07. The quantitative estimate of drug-likeness (QED) is 0.687. The van der Waals surface area contributed by atoms with Crippen LogP contribution >= 0.6 is 23.4 Å². The topological polar surface area (TPSA) is 47.6 Å². The molecule has 0 saturated heterocycles. The monoisotopic (exact) mass is 365 g/mol. The molecule has 0 radical (unpaired) electrons. The lowest BCUT2D eigenvalue weighted by atomic mass is 10.2. The molecule has 2 aromatic carbocycles. The Morgan fingerprint density at radius 2 is 1.96 bits per heavy atom. The van der Waals surface area contributed by atoms with Crippen LogP contribution in [-0.2, 0) is 10.5 Å². The number of nitrogens with one attached hydrogen (secondary N) is 1. The van der Waals surface area contributed by atoms with E-state index < -0.39 is 0 Å². The lowest BCUT2D eigenvalue weighted by molar-refractivity contribution is -0.118. The number of hydrogen-bond donors (Lipinski definition) is 1. The third kappa shape index (κ3) is 6.34. The molecule has 2 rings (SSSR count). The van der Waals surface area contributed by atoms with Crippen molar-refractivity contribution in [2.24, 2.45) is 0 Å². The summed E-state index contributed by atoms with van der Waals surface area (Å²) in [4.78, 5) is 11.8. The van der Waals surface area contributed by atoms with Gasteiger partial charge in [0.1, 0.15) is 18.1 Å². The van der Waals surface area contributed by atoms with Crippen LogP contribution in [-0.4, -0.2) is 31.9 Å². The van der Waals surface area contributed by atoms with Crippen LogP contribution in [0, 0.1) is 0 Å². The van der Waals surface area contributed by atoms with Gasteiger partial charge in [-0.2, -0.15) is 0 Å². The van der Waals surface area contributed by atoms with Crippen LogP contribution in [0.1, 0.15) is 5.56 Å². The fourth-order valence-corrected chi connectivity index (χ4v) is 3.11. The molecule has 6 heteroatoms. The van der Waals surface area contributed by atoms with E-state index in [-0.39, 0.29) is 5.91 Å². The standard InChI is InChI=1S/C18H20ClNO3S/c1-22-15-6-4-7-16(11-15)23-10-9-20-18(21)13-24-12-14-5-2-3-8-17(14)19/h2-8,11H,9-10,12-13H2,1H3,(H,20,21). The summed E-state index contributed by atoms with van der Waals surface area (Å²) in [5.74, 6) is 2.56. The SMILES string of the molecule is COc1cccc(OCCNC(=O)CSCc2ccccc2Cl)c1. The smallest absolute Gasteiger partial charge is 0.230 e. The minimum absolute atomic E-state index is 0.0127. The summed E-state index contributed by atoms with van der Waals surface area (Å²) >= 11 is 7.62. The first-order chi connectivity index (χ1) is 11.7. The molecule has 0 spiro atoms. The van der Waals surface area contributed by atoms with Crippen molar-refractivity contribution < 1.29 is 14.3 Å². The van der Waals surface area contributed by atoms with Gasteiger partial charge in [-0.15, -0.1) is 11.8 Å². The molecule has 0 unspecified atom stereocenters. The Hall–Kier alpha value is -1.85. The van der Waals surface area contributed by atoms with E-state index in [0.29, 0.717) is 24.7 Å². The molecule has 0 aliphatic rings. The Balaban J connectivity index is 1.60. The molecular formula is C18H20ClNO3S. The summed E-state index contributed by atoms with van der Waals surface area (Å²) in [5, 5.41) is 3.57. The number of carbonyl (C=O) groups excluding carboxylic acids is 1. The number of ether oxygens (including phenoxy) is 2. The van der Waals surface area contributed by atoms with E-state index in [9.17, 15) is 4.79 Å². The lowest BCUT2D eigenvalue weighted by Crippen LogP contribution is -2.29. The van der Waals surface area contributed by atoms with E-state index in [0.717, 1.165) is 22.1 Å². The molecule has 0 atom stereocenters. The molecule has 2 aromatic rings. The van der Waals surface area contributed by atoms with E-state index in [4.69, 9.17) is 21.1 Å². The maximum Gasteiger partial charge on any atom is 0.230 e. The molecule has 24 heavy (non-hydrogen) atoms. The molecule has 1 N–H and O–H groups in total. The van der Waals surface area contributed by atoms with Crippen molar-refractivity contribution >= 4 is 29.3 Å². The molecule has 0 aromatic heterocycles. The van der Waals surface area contributed by atoms with Crippen molar-refractivity contribution in [1.82, 2.24) is 5.32 Å². The van der Waals surface area contributed by atoms with Gasteiger partial charge in [0.05, 0.1) is 19.4 Å². The molecule has 0 fully saturated rings. The predicted octanol–water partition coefficient (Wildman–Crippen LogP) is 3.78. The first-order valence-electron chi connectivity index (χ1n) is 7.54. The highest BCUT2D eigenvalue weighted by molar-refractivity contribution is 7.99. The molecule has 4 nitrogen and oxygen atoms in total. The Kier molecular flexibility index (Phi) is 7.79. The zero-order valence-corrected chi connectivity index (χ0v) is 15.0. The van der Waals surface area contributed by atoms with Crippen LogP contribution in [0.4, 0.5) is 0 Å². The van der Waals surface area contributed by atoms with Crippen LogP contribution in [0.2, 0.25) is 5.02 Å². The molecule has 0 aliphatic heterocycles. The highest BCUT2D eigenvalue weighted by atomic mass is 35.5. The second kappa shape index (κ2) is 10.1. The van der Waals surface area contributed by atoms with E-state index in [2.05, 4.69) is 5.32 Å². The average molecular weight is 366 g/mol. The van der Waals surface area contributed by atoms with Crippen LogP contribution in [0.15, 0.2) is 48.5 Å². The summed E-state index contributed by atoms with van der Waals surface area (Å²) in [6, 6.07) is 15.0. The maximum atomic E-state index is 11.8. The van der Waals surface area contributed by atoms with Gasteiger partial charge in [-0.1, -0.05) is 35.9 Å². The van der Waals surface area contributed by atoms with Crippen LogP contribution < -0.4 is 14.8 Å². The highest BCUT2D eigenvalue weighted by Gasteiger charge is 2.04. The Morgan fingerprint density at radius 1 is 1.17 bits per heavy atom. The van der Waals surface area contributed by atoms with Crippen molar-refractivity contribution in [2.45, 2.75) is 5.75 Å². The van der Waals surface area contributed by atoms with Crippen molar-refractivity contribution in [1.29, 1.82) is 0 Å². The minimum Gasteiger partial charge on any atom is -0.497 e. The van der Waals surface area contributed by atoms with Gasteiger partial charge >= 0.3 is 0 Å². The van der Waals surface area contributed by atoms with Gasteiger partial charge in [0.2, 0.25) is 5.91 Å². The van der Waals surface area contributed by atoms with Gasteiger partial charge in [-0.05, 0) is 23.8 Å². The number of thioether (sulfide) groups is 1. The molecule has 128 valence electrons. The van der Waals surface area contributed by atoms with Crippen LogP contribution in [0.3, 0.4) is 0 Å². The van der Waals surface area contributed by atoms with E-state index in [1.54, 1.807) is 13.2 Å². The molecule has 0 heterocycles. The van der Waals surface area contributed by atoms with Gasteiger partial charge in [-0.25, -0.2) is 0 Å². The molecular weight excluding hydrogens is 346 g/mol. The third-order valence-electron chi connectivity index (χ3n) is 3.18. The highest BCUT2D eigenvalue weighted by Crippen LogP contribution is 2.20. The summed E-state index contributed by atoms with van der Waals surface area (Å²) in [5.41, 5.74) is 1.04. The summed E-state index contributed by atoms with van der Waals surface area (Å²) in [6.45, 7) is 0.872. The molecule has 0 aliphatic carbocycles. The van der Waals surface area contributed by atoms with E-state index >= 15 is 0 Å². The number of benzene rings is 2. The fourth-order valence-electron chi connectivity index (χ4n) is 1.97. The summed E-state index contributed by atoms with van der Waals surface area (Å²) in [6.07, 6.45) is 0. The summed E-state index contributed by atoms with van der Waals surface area (Å²) < 4.78 is 10.7. The minimum atomic E-state index is -0.0127. The number of hydrogen-bond acceptors (Lipinski definition) is 4. The first kappa shape index (κ1) is 18.5. The Morgan fingerprint density at radius 3 is 2.75 bits per heavy atom. The second-order valence-corrected chi connectivity index (χ2v) is 6.35. The van der Waals surface area contributed by atoms with Crippen LogP contribution in [0.25, 0.3) is 0 Å². The fraction of sp³-hybridized carbons (Fsp3) is 0.278. The van der Waals surface area contributed by atoms with E-state index in [1.165, 1.54) is 11.8 Å². The van der Waals surface area contributed by atoms with Gasteiger partial charge in [0, 0.05) is 16.8 Å². The average Bonchev–Trinajstić information content (AvgIpc) is 2.60. The predicted molar refractivity (Wildman–Crippen MR) is 99.1 cm³/mol. The molecule has 1 amide bonds. The van der Waals surface area contributed by atoms with Crippen molar-refractivity contribution in [2.75, 3.05) is 26.0 Å². The van der Waals surface area contributed by atoms with E-state index in [1.807, 2.05) is 42.5 Å². The zero-order chi connectivity index (χ0) is 17.2. The van der Waals surface area contributed by atoms with Crippen molar-refractivity contribution in [3.63, 3.8) is 0 Å². The molecule has 0 saturated carbocycles. The largest absolute Gasteiger partial charge is 0.497 e. The summed E-state index contributed by atoms with van der Waals surface area (Å²) in [7, 11) is 1.61. The second-order valence-electron chi connectivity index (χ2n) is 4.96. The third-order valence-corrected chi connectivity index (χ3v) is 4.53.